The topological polar surface area (TPSA) is 94.9 Å². The first-order valence-electron chi connectivity index (χ1n) is 7.16. The number of carbonyl (C=O) groups excluding carboxylic acids is 2. The predicted molar refractivity (Wildman–Crippen MR) is 93.8 cm³/mol. The largest absolute Gasteiger partial charge is 0.326 e. The zero-order chi connectivity index (χ0) is 17.5. The highest BCUT2D eigenvalue weighted by molar-refractivity contribution is 8.00. The molecule has 2 N–H and O–H groups in total. The second-order valence-electron chi connectivity index (χ2n) is 5.01. The highest BCUT2D eigenvalue weighted by atomic mass is 32.2. The van der Waals surface area contributed by atoms with Gasteiger partial charge in [-0.1, -0.05) is 11.8 Å². The number of benzene rings is 1. The summed E-state index contributed by atoms with van der Waals surface area (Å²) in [5.74, 6) is -0.194. The highest BCUT2D eigenvalue weighted by Gasteiger charge is 2.09. The van der Waals surface area contributed by atoms with Crippen LogP contribution in [-0.2, 0) is 9.59 Å². The van der Waals surface area contributed by atoms with Gasteiger partial charge < -0.3 is 10.6 Å². The SMILES string of the molecule is CC(=O)Nc1ccc(NC(=O)CSc2nc(C)ccc2C#N)cc1. The van der Waals surface area contributed by atoms with Crippen LogP contribution in [0.25, 0.3) is 0 Å². The Morgan fingerprint density at radius 3 is 2.33 bits per heavy atom. The van der Waals surface area contributed by atoms with Crippen LogP contribution in [0, 0.1) is 18.3 Å². The lowest BCUT2D eigenvalue weighted by Crippen LogP contribution is -2.14. The molecule has 0 bridgehead atoms. The summed E-state index contributed by atoms with van der Waals surface area (Å²) in [5.41, 5.74) is 2.55. The molecular formula is C17H16N4O2S. The van der Waals surface area contributed by atoms with E-state index in [4.69, 9.17) is 5.26 Å². The third-order valence-electron chi connectivity index (χ3n) is 2.95. The maximum absolute atomic E-state index is 12.0. The lowest BCUT2D eigenvalue weighted by Gasteiger charge is -2.07. The predicted octanol–water partition coefficient (Wildman–Crippen LogP) is 2.95. The lowest BCUT2D eigenvalue weighted by molar-refractivity contribution is -0.114. The molecule has 1 heterocycles. The Kier molecular flexibility index (Phi) is 5.93. The smallest absolute Gasteiger partial charge is 0.234 e. The minimum atomic E-state index is -0.195. The van der Waals surface area contributed by atoms with E-state index in [2.05, 4.69) is 21.7 Å². The second-order valence-corrected chi connectivity index (χ2v) is 5.98. The van der Waals surface area contributed by atoms with Gasteiger partial charge in [-0.2, -0.15) is 5.26 Å². The van der Waals surface area contributed by atoms with E-state index in [1.54, 1.807) is 36.4 Å². The van der Waals surface area contributed by atoms with Crippen LogP contribution in [0.1, 0.15) is 18.2 Å². The number of anilines is 2. The molecule has 2 amide bonds. The average molecular weight is 340 g/mol. The normalized spacial score (nSPS) is 9.88. The number of amides is 2. The number of pyridine rings is 1. The fraction of sp³-hybridized carbons (Fsp3) is 0.176. The summed E-state index contributed by atoms with van der Waals surface area (Å²) in [6, 6.07) is 12.4. The van der Waals surface area contributed by atoms with Crippen molar-refractivity contribution in [1.29, 1.82) is 5.26 Å². The summed E-state index contributed by atoms with van der Waals surface area (Å²) >= 11 is 1.22. The fourth-order valence-electron chi connectivity index (χ4n) is 1.90. The van der Waals surface area contributed by atoms with Gasteiger partial charge in [0.25, 0.3) is 0 Å². The van der Waals surface area contributed by atoms with Crippen molar-refractivity contribution in [3.63, 3.8) is 0 Å². The quantitative estimate of drug-likeness (QED) is 0.816. The minimum absolute atomic E-state index is 0.151. The van der Waals surface area contributed by atoms with Gasteiger partial charge in [-0.15, -0.1) is 0 Å². The Bertz CT molecular complexity index is 797. The summed E-state index contributed by atoms with van der Waals surface area (Å²) in [6.45, 7) is 3.27. The van der Waals surface area contributed by atoms with E-state index in [-0.39, 0.29) is 17.6 Å². The highest BCUT2D eigenvalue weighted by Crippen LogP contribution is 2.21. The van der Waals surface area contributed by atoms with Crippen molar-refractivity contribution in [3.8, 4) is 6.07 Å². The van der Waals surface area contributed by atoms with E-state index < -0.39 is 0 Å². The number of nitrogens with one attached hydrogen (secondary N) is 2. The molecule has 0 aliphatic rings. The molecule has 0 saturated heterocycles. The molecule has 0 spiro atoms. The van der Waals surface area contributed by atoms with Gasteiger partial charge in [-0.05, 0) is 43.3 Å². The van der Waals surface area contributed by atoms with Crippen molar-refractivity contribution in [2.75, 3.05) is 16.4 Å². The van der Waals surface area contributed by atoms with Gasteiger partial charge in [-0.25, -0.2) is 4.98 Å². The Morgan fingerprint density at radius 2 is 1.75 bits per heavy atom. The van der Waals surface area contributed by atoms with Crippen molar-refractivity contribution in [2.24, 2.45) is 0 Å². The number of nitrogens with zero attached hydrogens (tertiary/aromatic N) is 2. The molecule has 0 atom stereocenters. The summed E-state index contributed by atoms with van der Waals surface area (Å²) in [4.78, 5) is 27.3. The summed E-state index contributed by atoms with van der Waals surface area (Å²) in [6.07, 6.45) is 0. The maximum atomic E-state index is 12.0. The first kappa shape index (κ1) is 17.5. The van der Waals surface area contributed by atoms with Gasteiger partial charge >= 0.3 is 0 Å². The van der Waals surface area contributed by atoms with Crippen LogP contribution in [0.5, 0.6) is 0 Å². The van der Waals surface area contributed by atoms with E-state index in [0.29, 0.717) is 22.0 Å². The summed E-state index contributed by atoms with van der Waals surface area (Å²) < 4.78 is 0. The molecule has 1 aromatic carbocycles. The zero-order valence-corrected chi connectivity index (χ0v) is 14.1. The fourth-order valence-corrected chi connectivity index (χ4v) is 2.72. The Labute approximate surface area is 144 Å². The molecule has 24 heavy (non-hydrogen) atoms. The molecule has 0 radical (unpaired) electrons. The second kappa shape index (κ2) is 8.13. The minimum Gasteiger partial charge on any atom is -0.326 e. The Hall–Kier alpha value is -2.85. The van der Waals surface area contributed by atoms with E-state index in [0.717, 1.165) is 5.69 Å². The van der Waals surface area contributed by atoms with Crippen molar-refractivity contribution in [2.45, 2.75) is 18.9 Å². The van der Waals surface area contributed by atoms with Crippen LogP contribution in [0.4, 0.5) is 11.4 Å². The molecular weight excluding hydrogens is 324 g/mol. The van der Waals surface area contributed by atoms with Gasteiger partial charge in [0.05, 0.1) is 11.3 Å². The summed E-state index contributed by atoms with van der Waals surface area (Å²) in [7, 11) is 0. The standard InChI is InChI=1S/C17H16N4O2S/c1-11-3-4-13(9-18)17(19-11)24-10-16(23)21-15-7-5-14(6-8-15)20-12(2)22/h3-8H,10H2,1-2H3,(H,20,22)(H,21,23). The number of aromatic nitrogens is 1. The van der Waals surface area contributed by atoms with E-state index in [1.165, 1.54) is 18.7 Å². The molecule has 2 aromatic rings. The first-order valence-corrected chi connectivity index (χ1v) is 8.14. The lowest BCUT2D eigenvalue weighted by atomic mass is 10.3. The number of nitriles is 1. The molecule has 7 heteroatoms. The van der Waals surface area contributed by atoms with Crippen molar-refractivity contribution in [3.05, 3.63) is 47.7 Å². The van der Waals surface area contributed by atoms with Crippen LogP contribution in [-0.4, -0.2) is 22.6 Å². The number of hydrogen-bond donors (Lipinski definition) is 2. The number of rotatable bonds is 5. The molecule has 2 rings (SSSR count). The van der Waals surface area contributed by atoms with Crippen molar-refractivity contribution >= 4 is 35.0 Å². The van der Waals surface area contributed by atoms with Crippen LogP contribution in [0.3, 0.4) is 0 Å². The molecule has 6 nitrogen and oxygen atoms in total. The Morgan fingerprint density at radius 1 is 1.12 bits per heavy atom. The van der Waals surface area contributed by atoms with Crippen LogP contribution in [0.2, 0.25) is 0 Å². The van der Waals surface area contributed by atoms with Gasteiger partial charge in [0, 0.05) is 24.0 Å². The number of hydrogen-bond acceptors (Lipinski definition) is 5. The molecule has 122 valence electrons. The van der Waals surface area contributed by atoms with E-state index in [9.17, 15) is 9.59 Å². The molecule has 0 aliphatic heterocycles. The zero-order valence-electron chi connectivity index (χ0n) is 13.3. The van der Waals surface area contributed by atoms with Crippen molar-refractivity contribution < 1.29 is 9.59 Å². The molecule has 0 saturated carbocycles. The monoisotopic (exact) mass is 340 g/mol. The van der Waals surface area contributed by atoms with Gasteiger partial charge in [-0.3, -0.25) is 9.59 Å². The third kappa shape index (κ3) is 5.11. The number of carbonyl (C=O) groups is 2. The van der Waals surface area contributed by atoms with Gasteiger partial charge in [0.2, 0.25) is 11.8 Å². The van der Waals surface area contributed by atoms with Crippen LogP contribution < -0.4 is 10.6 Å². The first-order chi connectivity index (χ1) is 11.5. The molecule has 1 aromatic heterocycles. The molecule has 0 fully saturated rings. The molecule has 0 aliphatic carbocycles. The number of aryl methyl sites for hydroxylation is 1. The molecule has 0 unspecified atom stereocenters. The average Bonchev–Trinajstić information content (AvgIpc) is 2.54. The number of thioether (sulfide) groups is 1. The van der Waals surface area contributed by atoms with Crippen LogP contribution in [0.15, 0.2) is 41.4 Å². The van der Waals surface area contributed by atoms with Gasteiger partial charge in [0.15, 0.2) is 0 Å². The summed E-state index contributed by atoms with van der Waals surface area (Å²) in [5, 5.41) is 15.0. The van der Waals surface area contributed by atoms with E-state index in [1.807, 2.05) is 6.92 Å². The third-order valence-corrected chi connectivity index (χ3v) is 3.94. The van der Waals surface area contributed by atoms with Crippen LogP contribution >= 0.6 is 11.8 Å². The van der Waals surface area contributed by atoms with E-state index >= 15 is 0 Å². The van der Waals surface area contributed by atoms with Crippen molar-refractivity contribution in [1.82, 2.24) is 4.98 Å². The Balaban J connectivity index is 1.93. The maximum Gasteiger partial charge on any atom is 0.234 e. The van der Waals surface area contributed by atoms with Gasteiger partial charge in [0.1, 0.15) is 11.1 Å².